The van der Waals surface area contributed by atoms with E-state index in [0.717, 1.165) is 57.0 Å². The van der Waals surface area contributed by atoms with Gasteiger partial charge in [-0.1, -0.05) is 42.6 Å². The molecule has 2 saturated heterocycles. The molecule has 3 rings (SSSR count). The van der Waals surface area contributed by atoms with E-state index < -0.39 is 0 Å². The van der Waals surface area contributed by atoms with Crippen molar-refractivity contribution in [2.75, 3.05) is 39.3 Å². The summed E-state index contributed by atoms with van der Waals surface area (Å²) in [6.45, 7) is 7.22. The highest BCUT2D eigenvalue weighted by Crippen LogP contribution is 2.22. The molecule has 0 aromatic heterocycles. The van der Waals surface area contributed by atoms with E-state index in [1.54, 1.807) is 0 Å². The molecule has 2 fully saturated rings. The molecule has 1 aromatic rings. The van der Waals surface area contributed by atoms with Gasteiger partial charge in [0, 0.05) is 24.0 Å². The Kier molecular flexibility index (Phi) is 8.43. The number of nitrogens with zero attached hydrogens (tertiary/aromatic N) is 2. The van der Waals surface area contributed by atoms with Gasteiger partial charge in [0.15, 0.2) is 0 Å². The number of rotatable bonds is 7. The Labute approximate surface area is 169 Å². The van der Waals surface area contributed by atoms with Crippen LogP contribution in [-0.4, -0.2) is 55.0 Å². The zero-order valence-corrected chi connectivity index (χ0v) is 17.2. The number of likely N-dealkylation sites (tertiary alicyclic amines) is 2. The van der Waals surface area contributed by atoms with E-state index in [4.69, 9.17) is 11.6 Å². The molecule has 0 bridgehead atoms. The smallest absolute Gasteiger partial charge is 0.223 e. The first-order valence-corrected chi connectivity index (χ1v) is 11.1. The van der Waals surface area contributed by atoms with Gasteiger partial charge in [-0.15, -0.1) is 0 Å². The summed E-state index contributed by atoms with van der Waals surface area (Å²) in [6.07, 6.45) is 8.38. The lowest BCUT2D eigenvalue weighted by Gasteiger charge is -2.31. The van der Waals surface area contributed by atoms with Gasteiger partial charge in [0.25, 0.3) is 0 Å². The van der Waals surface area contributed by atoms with E-state index in [-0.39, 0.29) is 11.8 Å². The number of piperidine rings is 1. The van der Waals surface area contributed by atoms with Gasteiger partial charge in [-0.2, -0.15) is 0 Å². The number of carbonyl (C=O) groups is 1. The van der Waals surface area contributed by atoms with Crippen molar-refractivity contribution in [1.82, 2.24) is 15.1 Å². The second kappa shape index (κ2) is 11.0. The van der Waals surface area contributed by atoms with Gasteiger partial charge in [-0.3, -0.25) is 9.69 Å². The minimum atomic E-state index is 0.172. The summed E-state index contributed by atoms with van der Waals surface area (Å²) in [5, 5.41) is 4.01. The largest absolute Gasteiger partial charge is 0.356 e. The fraction of sp³-hybridized carbons (Fsp3) is 0.682. The molecule has 27 heavy (non-hydrogen) atoms. The third kappa shape index (κ3) is 6.78. The van der Waals surface area contributed by atoms with Crippen molar-refractivity contribution in [3.05, 3.63) is 34.9 Å². The van der Waals surface area contributed by atoms with Crippen LogP contribution in [0.4, 0.5) is 0 Å². The minimum Gasteiger partial charge on any atom is -0.356 e. The molecule has 2 aliphatic heterocycles. The fourth-order valence-corrected chi connectivity index (χ4v) is 4.43. The van der Waals surface area contributed by atoms with Crippen molar-refractivity contribution >= 4 is 17.5 Å². The Hall–Kier alpha value is -1.10. The standard InChI is InChI=1S/C22H34ClN3O/c23-21-9-4-3-8-20(21)18-26-16-10-19(11-17-26)22(27)24-12-7-15-25-13-5-1-2-6-14-25/h3-4,8-9,19H,1-2,5-7,10-18H2,(H,24,27). The molecule has 0 atom stereocenters. The summed E-state index contributed by atoms with van der Waals surface area (Å²) in [6, 6.07) is 8.04. The molecule has 5 heteroatoms. The molecule has 0 radical (unpaired) electrons. The van der Waals surface area contributed by atoms with Gasteiger partial charge >= 0.3 is 0 Å². The Bertz CT molecular complexity index is 579. The van der Waals surface area contributed by atoms with Gasteiger partial charge in [-0.25, -0.2) is 0 Å². The zero-order chi connectivity index (χ0) is 18.9. The van der Waals surface area contributed by atoms with Crippen molar-refractivity contribution in [3.8, 4) is 0 Å². The van der Waals surface area contributed by atoms with Crippen molar-refractivity contribution < 1.29 is 4.79 Å². The summed E-state index contributed by atoms with van der Waals surface area (Å²) in [5.74, 6) is 0.425. The highest BCUT2D eigenvalue weighted by atomic mass is 35.5. The molecule has 0 spiro atoms. The summed E-state index contributed by atoms with van der Waals surface area (Å²) >= 11 is 6.26. The highest BCUT2D eigenvalue weighted by molar-refractivity contribution is 6.31. The van der Waals surface area contributed by atoms with Crippen LogP contribution in [-0.2, 0) is 11.3 Å². The van der Waals surface area contributed by atoms with E-state index in [1.807, 2.05) is 18.2 Å². The van der Waals surface area contributed by atoms with E-state index in [2.05, 4.69) is 21.2 Å². The number of halogens is 1. The number of carbonyl (C=O) groups excluding carboxylic acids is 1. The normalized spacial score (nSPS) is 20.3. The van der Waals surface area contributed by atoms with Gasteiger partial charge in [-0.05, 0) is 76.5 Å². The lowest BCUT2D eigenvalue weighted by molar-refractivity contribution is -0.126. The first-order chi connectivity index (χ1) is 13.2. The quantitative estimate of drug-likeness (QED) is 0.715. The summed E-state index contributed by atoms with van der Waals surface area (Å²) in [7, 11) is 0. The minimum absolute atomic E-state index is 0.172. The highest BCUT2D eigenvalue weighted by Gasteiger charge is 2.25. The molecular formula is C22H34ClN3O. The van der Waals surface area contributed by atoms with Crippen LogP contribution in [0.3, 0.4) is 0 Å². The van der Waals surface area contributed by atoms with Crippen molar-refractivity contribution in [2.45, 2.75) is 51.5 Å². The summed E-state index contributed by atoms with van der Waals surface area (Å²) in [4.78, 5) is 17.4. The molecule has 1 N–H and O–H groups in total. The van der Waals surface area contributed by atoms with E-state index in [1.165, 1.54) is 44.3 Å². The third-order valence-corrected chi connectivity index (χ3v) is 6.33. The molecule has 2 aliphatic rings. The number of nitrogens with one attached hydrogen (secondary N) is 1. The van der Waals surface area contributed by atoms with Crippen molar-refractivity contribution in [3.63, 3.8) is 0 Å². The lowest BCUT2D eigenvalue weighted by Crippen LogP contribution is -2.41. The second-order valence-corrected chi connectivity index (χ2v) is 8.45. The van der Waals surface area contributed by atoms with E-state index >= 15 is 0 Å². The molecule has 0 unspecified atom stereocenters. The average molecular weight is 392 g/mol. The predicted octanol–water partition coefficient (Wildman–Crippen LogP) is 3.93. The van der Waals surface area contributed by atoms with Crippen LogP contribution in [0, 0.1) is 5.92 Å². The van der Waals surface area contributed by atoms with E-state index in [9.17, 15) is 4.79 Å². The second-order valence-electron chi connectivity index (χ2n) is 8.04. The lowest BCUT2D eigenvalue weighted by atomic mass is 9.95. The van der Waals surface area contributed by atoms with Crippen LogP contribution in [0.2, 0.25) is 5.02 Å². The monoisotopic (exact) mass is 391 g/mol. The zero-order valence-electron chi connectivity index (χ0n) is 16.5. The Balaban J connectivity index is 1.31. The average Bonchev–Trinajstić information content (AvgIpc) is 2.96. The van der Waals surface area contributed by atoms with Gasteiger partial charge in [0.05, 0.1) is 0 Å². The summed E-state index contributed by atoms with van der Waals surface area (Å²) in [5.41, 5.74) is 1.18. The van der Waals surface area contributed by atoms with Crippen LogP contribution < -0.4 is 5.32 Å². The molecule has 1 aromatic carbocycles. The van der Waals surface area contributed by atoms with Crippen molar-refractivity contribution in [2.24, 2.45) is 5.92 Å². The van der Waals surface area contributed by atoms with E-state index in [0.29, 0.717) is 0 Å². The summed E-state index contributed by atoms with van der Waals surface area (Å²) < 4.78 is 0. The van der Waals surface area contributed by atoms with Crippen LogP contribution in [0.1, 0.15) is 50.5 Å². The number of benzene rings is 1. The number of amides is 1. The first-order valence-electron chi connectivity index (χ1n) is 10.7. The molecule has 150 valence electrons. The molecule has 0 saturated carbocycles. The number of hydrogen-bond acceptors (Lipinski definition) is 3. The van der Waals surface area contributed by atoms with Crippen LogP contribution in [0.25, 0.3) is 0 Å². The molecular weight excluding hydrogens is 358 g/mol. The fourth-order valence-electron chi connectivity index (χ4n) is 4.24. The Morgan fingerprint density at radius 1 is 1.00 bits per heavy atom. The van der Waals surface area contributed by atoms with Crippen LogP contribution in [0.15, 0.2) is 24.3 Å². The maximum atomic E-state index is 12.5. The van der Waals surface area contributed by atoms with Gasteiger partial charge < -0.3 is 10.2 Å². The first kappa shape index (κ1) is 20.6. The maximum Gasteiger partial charge on any atom is 0.223 e. The molecule has 2 heterocycles. The van der Waals surface area contributed by atoms with Crippen LogP contribution >= 0.6 is 11.6 Å². The number of hydrogen-bond donors (Lipinski definition) is 1. The van der Waals surface area contributed by atoms with Gasteiger partial charge in [0.2, 0.25) is 5.91 Å². The Morgan fingerprint density at radius 2 is 1.70 bits per heavy atom. The van der Waals surface area contributed by atoms with Gasteiger partial charge in [0.1, 0.15) is 0 Å². The van der Waals surface area contributed by atoms with Crippen LogP contribution in [0.5, 0.6) is 0 Å². The molecule has 0 aliphatic carbocycles. The van der Waals surface area contributed by atoms with Crippen molar-refractivity contribution in [1.29, 1.82) is 0 Å². The molecule has 4 nitrogen and oxygen atoms in total. The molecule has 1 amide bonds. The third-order valence-electron chi connectivity index (χ3n) is 5.96. The topological polar surface area (TPSA) is 35.6 Å². The predicted molar refractivity (Wildman–Crippen MR) is 112 cm³/mol. The Morgan fingerprint density at radius 3 is 2.41 bits per heavy atom. The SMILES string of the molecule is O=C(NCCCN1CCCCCC1)C1CCN(Cc2ccccc2Cl)CC1. The maximum absolute atomic E-state index is 12.5.